The van der Waals surface area contributed by atoms with E-state index in [9.17, 15) is 0 Å². The van der Waals surface area contributed by atoms with Crippen LogP contribution in [0.25, 0.3) is 11.2 Å². The van der Waals surface area contributed by atoms with Crippen molar-refractivity contribution in [2.75, 3.05) is 0 Å². The van der Waals surface area contributed by atoms with Gasteiger partial charge in [0.2, 0.25) is 0 Å². The van der Waals surface area contributed by atoms with Gasteiger partial charge in [-0.15, -0.1) is 0 Å². The Morgan fingerprint density at radius 2 is 1.93 bits per heavy atom. The van der Waals surface area contributed by atoms with Crippen molar-refractivity contribution in [3.8, 4) is 0 Å². The molecule has 0 amide bonds. The largest absolute Gasteiger partial charge is 0.318 e. The molecule has 2 heterocycles. The highest BCUT2D eigenvalue weighted by molar-refractivity contribution is 5.70. The lowest BCUT2D eigenvalue weighted by atomic mass is 9.92. The van der Waals surface area contributed by atoms with Crippen LogP contribution in [0.2, 0.25) is 0 Å². The van der Waals surface area contributed by atoms with Gasteiger partial charge in [-0.05, 0) is 12.1 Å². The van der Waals surface area contributed by atoms with Gasteiger partial charge in [0.25, 0.3) is 0 Å². The van der Waals surface area contributed by atoms with E-state index in [1.54, 1.807) is 6.33 Å². The van der Waals surface area contributed by atoms with Gasteiger partial charge in [-0.3, -0.25) is 0 Å². The minimum atomic E-state index is 0.0957. The van der Waals surface area contributed by atoms with E-state index in [0.717, 1.165) is 16.9 Å². The molecular weight excluding hydrogens is 174 g/mol. The predicted molar refractivity (Wildman–Crippen MR) is 57.2 cm³/mol. The number of aryl methyl sites for hydroxylation is 1. The number of nitrogens with zero attached hydrogens (tertiary/aromatic N) is 3. The van der Waals surface area contributed by atoms with Crippen LogP contribution in [-0.2, 0) is 12.5 Å². The second kappa shape index (κ2) is 2.80. The first-order valence-electron chi connectivity index (χ1n) is 4.77. The maximum Gasteiger partial charge on any atom is 0.159 e. The second-order valence-corrected chi connectivity index (χ2v) is 4.64. The van der Waals surface area contributed by atoms with Crippen LogP contribution in [0.4, 0.5) is 0 Å². The molecule has 74 valence electrons. The van der Waals surface area contributed by atoms with E-state index in [1.165, 1.54) is 0 Å². The van der Waals surface area contributed by atoms with Gasteiger partial charge in [0, 0.05) is 18.2 Å². The lowest BCUT2D eigenvalue weighted by Gasteiger charge is -2.17. The maximum absolute atomic E-state index is 4.61. The van der Waals surface area contributed by atoms with Crippen LogP contribution < -0.4 is 0 Å². The lowest BCUT2D eigenvalue weighted by Crippen LogP contribution is -2.13. The lowest BCUT2D eigenvalue weighted by molar-refractivity contribution is 0.570. The summed E-state index contributed by atoms with van der Waals surface area (Å²) in [5.41, 5.74) is 3.12. The molecule has 0 bridgehead atoms. The average molecular weight is 189 g/mol. The van der Waals surface area contributed by atoms with Crippen LogP contribution in [0.5, 0.6) is 0 Å². The Balaban J connectivity index is 2.66. The van der Waals surface area contributed by atoms with E-state index >= 15 is 0 Å². The van der Waals surface area contributed by atoms with Gasteiger partial charge >= 0.3 is 0 Å². The minimum absolute atomic E-state index is 0.0957. The molecule has 3 heteroatoms. The van der Waals surface area contributed by atoms with E-state index < -0.39 is 0 Å². The van der Waals surface area contributed by atoms with Crippen LogP contribution >= 0.6 is 0 Å². The van der Waals surface area contributed by atoms with Crippen molar-refractivity contribution in [3.05, 3.63) is 24.2 Å². The van der Waals surface area contributed by atoms with Crippen LogP contribution in [0, 0.1) is 0 Å². The highest BCUT2D eigenvalue weighted by Gasteiger charge is 2.16. The first kappa shape index (κ1) is 9.19. The zero-order valence-electron chi connectivity index (χ0n) is 9.07. The quantitative estimate of drug-likeness (QED) is 0.636. The van der Waals surface area contributed by atoms with Crippen molar-refractivity contribution >= 4 is 11.2 Å². The van der Waals surface area contributed by atoms with Crippen molar-refractivity contribution in [1.82, 2.24) is 14.5 Å². The fourth-order valence-corrected chi connectivity index (χ4v) is 1.42. The molecule has 0 radical (unpaired) electrons. The molecule has 0 saturated heterocycles. The van der Waals surface area contributed by atoms with Crippen LogP contribution in [-0.4, -0.2) is 14.5 Å². The fourth-order valence-electron chi connectivity index (χ4n) is 1.42. The van der Waals surface area contributed by atoms with E-state index in [2.05, 4.69) is 36.8 Å². The molecule has 2 aromatic rings. The Hall–Kier alpha value is -1.38. The van der Waals surface area contributed by atoms with E-state index in [4.69, 9.17) is 0 Å². The van der Waals surface area contributed by atoms with Crippen molar-refractivity contribution in [3.63, 3.8) is 0 Å². The summed E-state index contributed by atoms with van der Waals surface area (Å²) in [7, 11) is 1.97. The maximum atomic E-state index is 4.61. The van der Waals surface area contributed by atoms with Gasteiger partial charge < -0.3 is 4.57 Å². The number of aromatic nitrogens is 3. The van der Waals surface area contributed by atoms with Gasteiger partial charge in [0.1, 0.15) is 5.52 Å². The van der Waals surface area contributed by atoms with Gasteiger partial charge in [-0.2, -0.15) is 0 Å². The summed E-state index contributed by atoms with van der Waals surface area (Å²) in [4.78, 5) is 8.85. The van der Waals surface area contributed by atoms with Crippen molar-refractivity contribution in [2.24, 2.45) is 7.05 Å². The summed E-state index contributed by atoms with van der Waals surface area (Å²) >= 11 is 0. The van der Waals surface area contributed by atoms with Crippen LogP contribution in [0.15, 0.2) is 18.5 Å². The zero-order chi connectivity index (χ0) is 10.3. The third-order valence-electron chi connectivity index (χ3n) is 2.33. The third-order valence-corrected chi connectivity index (χ3v) is 2.33. The van der Waals surface area contributed by atoms with Gasteiger partial charge in [-0.25, -0.2) is 9.97 Å². The van der Waals surface area contributed by atoms with Gasteiger partial charge in [0.05, 0.1) is 6.33 Å². The first-order chi connectivity index (χ1) is 6.48. The SMILES string of the molecule is Cn1cnc2ccc(C(C)(C)C)nc21. The Kier molecular flexibility index (Phi) is 1.84. The molecule has 0 spiro atoms. The number of imidazole rings is 1. The Labute approximate surface area is 83.8 Å². The second-order valence-electron chi connectivity index (χ2n) is 4.64. The summed E-state index contributed by atoms with van der Waals surface area (Å²) in [6, 6.07) is 4.08. The molecule has 0 aromatic carbocycles. The zero-order valence-corrected chi connectivity index (χ0v) is 9.07. The number of fused-ring (bicyclic) bond motifs is 1. The molecule has 0 saturated carbocycles. The highest BCUT2D eigenvalue weighted by atomic mass is 15.1. The molecule has 2 aromatic heterocycles. The third kappa shape index (κ3) is 1.39. The van der Waals surface area contributed by atoms with Crippen molar-refractivity contribution < 1.29 is 0 Å². The Morgan fingerprint density at radius 1 is 1.21 bits per heavy atom. The summed E-state index contributed by atoms with van der Waals surface area (Å²) in [5.74, 6) is 0. The summed E-state index contributed by atoms with van der Waals surface area (Å²) < 4.78 is 1.95. The monoisotopic (exact) mass is 189 g/mol. The average Bonchev–Trinajstić information content (AvgIpc) is 2.46. The van der Waals surface area contributed by atoms with E-state index in [1.807, 2.05) is 17.7 Å². The first-order valence-corrected chi connectivity index (χ1v) is 4.77. The number of hydrogen-bond acceptors (Lipinski definition) is 2. The molecule has 2 rings (SSSR count). The number of hydrogen-bond donors (Lipinski definition) is 0. The van der Waals surface area contributed by atoms with Gasteiger partial charge in [-0.1, -0.05) is 20.8 Å². The molecule has 0 aliphatic heterocycles. The van der Waals surface area contributed by atoms with Crippen LogP contribution in [0.1, 0.15) is 26.5 Å². The molecular formula is C11H15N3. The highest BCUT2D eigenvalue weighted by Crippen LogP contribution is 2.21. The van der Waals surface area contributed by atoms with Crippen molar-refractivity contribution in [1.29, 1.82) is 0 Å². The molecule has 0 fully saturated rings. The summed E-state index contributed by atoms with van der Waals surface area (Å²) in [6.45, 7) is 6.49. The minimum Gasteiger partial charge on any atom is -0.318 e. The molecule has 0 aliphatic carbocycles. The summed E-state index contributed by atoms with van der Waals surface area (Å²) in [6.07, 6.45) is 1.80. The molecule has 0 atom stereocenters. The van der Waals surface area contributed by atoms with E-state index in [0.29, 0.717) is 0 Å². The standard InChI is InChI=1S/C11H15N3/c1-11(2,3)9-6-5-8-10(13-9)14(4)7-12-8/h5-7H,1-4H3. The fraction of sp³-hybridized carbons (Fsp3) is 0.455. The Morgan fingerprint density at radius 3 is 2.57 bits per heavy atom. The molecule has 14 heavy (non-hydrogen) atoms. The predicted octanol–water partition coefficient (Wildman–Crippen LogP) is 2.27. The Bertz CT molecular complexity index is 463. The van der Waals surface area contributed by atoms with Crippen LogP contribution in [0.3, 0.4) is 0 Å². The number of pyridine rings is 1. The molecule has 0 unspecified atom stereocenters. The summed E-state index contributed by atoms with van der Waals surface area (Å²) in [5, 5.41) is 0. The topological polar surface area (TPSA) is 30.7 Å². The smallest absolute Gasteiger partial charge is 0.159 e. The molecule has 3 nitrogen and oxygen atoms in total. The van der Waals surface area contributed by atoms with Crippen molar-refractivity contribution in [2.45, 2.75) is 26.2 Å². The normalized spacial score (nSPS) is 12.3. The molecule has 0 N–H and O–H groups in total. The molecule has 0 aliphatic rings. The number of rotatable bonds is 0. The van der Waals surface area contributed by atoms with E-state index in [-0.39, 0.29) is 5.41 Å². The van der Waals surface area contributed by atoms with Gasteiger partial charge in [0.15, 0.2) is 5.65 Å².